The fourth-order valence-corrected chi connectivity index (χ4v) is 3.65. The molecule has 0 saturated heterocycles. The molecule has 0 atom stereocenters. The molecule has 2 rings (SSSR count). The van der Waals surface area contributed by atoms with Crippen molar-refractivity contribution in [3.8, 4) is 5.75 Å². The molecule has 0 aliphatic carbocycles. The Morgan fingerprint density at radius 1 is 1.10 bits per heavy atom. The van der Waals surface area contributed by atoms with Crippen LogP contribution < -0.4 is 14.8 Å². The number of benzene rings is 2. The summed E-state index contributed by atoms with van der Waals surface area (Å²) >= 11 is 0. The van der Waals surface area contributed by atoms with Crippen LogP contribution in [-0.4, -0.2) is 40.7 Å². The zero-order valence-corrected chi connectivity index (χ0v) is 17.6. The van der Waals surface area contributed by atoms with E-state index in [2.05, 4.69) is 10.0 Å². The highest BCUT2D eigenvalue weighted by molar-refractivity contribution is 7.89. The molecule has 2 N–H and O–H groups in total. The van der Waals surface area contributed by atoms with Crippen LogP contribution in [0.25, 0.3) is 0 Å². The average molecular weight is 421 g/mol. The Kier molecular flexibility index (Phi) is 9.11. The average Bonchev–Trinajstić information content (AvgIpc) is 2.72. The molecule has 29 heavy (non-hydrogen) atoms. The van der Waals surface area contributed by atoms with E-state index in [1.165, 1.54) is 12.1 Å². The van der Waals surface area contributed by atoms with E-state index in [-0.39, 0.29) is 24.0 Å². The Hall–Kier alpha value is -2.42. The van der Waals surface area contributed by atoms with E-state index in [4.69, 9.17) is 9.47 Å². The van der Waals surface area contributed by atoms with E-state index in [1.807, 2.05) is 37.3 Å². The molecule has 158 valence electrons. The number of hydrogen-bond donors (Lipinski definition) is 2. The molecule has 8 heteroatoms. The molecule has 0 aromatic heterocycles. The Labute approximate surface area is 172 Å². The monoisotopic (exact) mass is 420 g/mol. The minimum atomic E-state index is -3.65. The molecule has 7 nitrogen and oxygen atoms in total. The number of carbonyl (C=O) groups excluding carboxylic acids is 1. The lowest BCUT2D eigenvalue weighted by Crippen LogP contribution is -2.30. The Morgan fingerprint density at radius 3 is 2.55 bits per heavy atom. The highest BCUT2D eigenvalue weighted by Gasteiger charge is 2.15. The SMILES string of the molecule is CCOCCCNC(=O)COc1ccc(S(=O)(=O)NCc2ccccc2)cc1C. The predicted molar refractivity (Wildman–Crippen MR) is 111 cm³/mol. The Morgan fingerprint density at radius 2 is 1.86 bits per heavy atom. The third kappa shape index (κ3) is 7.84. The lowest BCUT2D eigenvalue weighted by atomic mass is 10.2. The fraction of sp³-hybridized carbons (Fsp3) is 0.381. The number of aryl methyl sites for hydroxylation is 1. The van der Waals surface area contributed by atoms with E-state index in [0.717, 1.165) is 12.0 Å². The van der Waals surface area contributed by atoms with Crippen molar-refractivity contribution in [3.05, 3.63) is 59.7 Å². The first-order valence-corrected chi connectivity index (χ1v) is 11.0. The van der Waals surface area contributed by atoms with Gasteiger partial charge in [-0.2, -0.15) is 0 Å². The highest BCUT2D eigenvalue weighted by atomic mass is 32.2. The third-order valence-electron chi connectivity index (χ3n) is 4.12. The third-order valence-corrected chi connectivity index (χ3v) is 5.52. The molecule has 0 aliphatic rings. The van der Waals surface area contributed by atoms with Gasteiger partial charge < -0.3 is 14.8 Å². The van der Waals surface area contributed by atoms with E-state index in [9.17, 15) is 13.2 Å². The lowest BCUT2D eigenvalue weighted by molar-refractivity contribution is -0.123. The first-order valence-electron chi connectivity index (χ1n) is 9.54. The summed E-state index contributed by atoms with van der Waals surface area (Å²) < 4.78 is 38.3. The van der Waals surface area contributed by atoms with Gasteiger partial charge in [0.2, 0.25) is 10.0 Å². The van der Waals surface area contributed by atoms with Gasteiger partial charge in [0.25, 0.3) is 5.91 Å². The van der Waals surface area contributed by atoms with Crippen LogP contribution >= 0.6 is 0 Å². The number of hydrogen-bond acceptors (Lipinski definition) is 5. The molecule has 0 fully saturated rings. The lowest BCUT2D eigenvalue weighted by Gasteiger charge is -2.12. The van der Waals surface area contributed by atoms with Crippen LogP contribution in [0.15, 0.2) is 53.4 Å². The van der Waals surface area contributed by atoms with Crippen LogP contribution in [0.3, 0.4) is 0 Å². The van der Waals surface area contributed by atoms with Crippen molar-refractivity contribution in [1.82, 2.24) is 10.0 Å². The largest absolute Gasteiger partial charge is 0.484 e. The number of amides is 1. The standard InChI is InChI=1S/C21H28N2O5S/c1-3-27-13-7-12-22-21(24)16-28-20-11-10-19(14-17(20)2)29(25,26)23-15-18-8-5-4-6-9-18/h4-6,8-11,14,23H,3,7,12-13,15-16H2,1-2H3,(H,22,24). The first-order chi connectivity index (χ1) is 13.9. The van der Waals surface area contributed by atoms with Gasteiger partial charge >= 0.3 is 0 Å². The summed E-state index contributed by atoms with van der Waals surface area (Å²) in [6, 6.07) is 13.9. The van der Waals surface area contributed by atoms with Crippen molar-refractivity contribution < 1.29 is 22.7 Å². The first kappa shape index (κ1) is 22.9. The summed E-state index contributed by atoms with van der Waals surface area (Å²) in [6.45, 7) is 5.52. The topological polar surface area (TPSA) is 93.7 Å². The molecule has 0 heterocycles. The van der Waals surface area contributed by atoms with Gasteiger partial charge in [-0.15, -0.1) is 0 Å². The van der Waals surface area contributed by atoms with E-state index >= 15 is 0 Å². The summed E-state index contributed by atoms with van der Waals surface area (Å²) in [4.78, 5) is 12.0. The summed E-state index contributed by atoms with van der Waals surface area (Å²) in [5.41, 5.74) is 1.51. The van der Waals surface area contributed by atoms with Gasteiger partial charge in [-0.3, -0.25) is 4.79 Å². The molecule has 0 saturated carbocycles. The van der Waals surface area contributed by atoms with Crippen molar-refractivity contribution in [3.63, 3.8) is 0 Å². The van der Waals surface area contributed by atoms with E-state index < -0.39 is 10.0 Å². The molecule has 0 unspecified atom stereocenters. The van der Waals surface area contributed by atoms with E-state index in [1.54, 1.807) is 13.0 Å². The number of ether oxygens (including phenoxy) is 2. The maximum atomic E-state index is 12.5. The second-order valence-corrected chi connectivity index (χ2v) is 8.19. The summed E-state index contributed by atoms with van der Waals surface area (Å²) in [5.74, 6) is 0.235. The predicted octanol–water partition coefficient (Wildman–Crippen LogP) is 2.40. The minimum absolute atomic E-state index is 0.131. The number of carbonyl (C=O) groups is 1. The zero-order valence-electron chi connectivity index (χ0n) is 16.8. The smallest absolute Gasteiger partial charge is 0.257 e. The Balaban J connectivity index is 1.86. The van der Waals surface area contributed by atoms with Crippen molar-refractivity contribution >= 4 is 15.9 Å². The molecule has 2 aromatic rings. The zero-order chi connectivity index (χ0) is 21.1. The van der Waals surface area contributed by atoms with Gasteiger partial charge in [-0.05, 0) is 49.6 Å². The summed E-state index contributed by atoms with van der Waals surface area (Å²) in [7, 11) is -3.65. The van der Waals surface area contributed by atoms with Gasteiger partial charge in [-0.25, -0.2) is 13.1 Å². The molecule has 0 aliphatic heterocycles. The van der Waals surface area contributed by atoms with Crippen molar-refractivity contribution in [1.29, 1.82) is 0 Å². The van der Waals surface area contributed by atoms with E-state index in [0.29, 0.717) is 31.1 Å². The molecular formula is C21H28N2O5S. The second-order valence-electron chi connectivity index (χ2n) is 6.43. The molecule has 1 amide bonds. The van der Waals surface area contributed by atoms with Gasteiger partial charge in [-0.1, -0.05) is 30.3 Å². The number of sulfonamides is 1. The van der Waals surface area contributed by atoms with Crippen LogP contribution in [0.5, 0.6) is 5.75 Å². The van der Waals surface area contributed by atoms with Crippen molar-refractivity contribution in [2.75, 3.05) is 26.4 Å². The van der Waals surface area contributed by atoms with Crippen LogP contribution in [-0.2, 0) is 26.1 Å². The molecule has 0 spiro atoms. The summed E-state index contributed by atoms with van der Waals surface area (Å²) in [6.07, 6.45) is 0.737. The molecule has 2 aromatic carbocycles. The number of nitrogens with one attached hydrogen (secondary N) is 2. The molecular weight excluding hydrogens is 392 g/mol. The summed E-state index contributed by atoms with van der Waals surface area (Å²) in [5, 5.41) is 2.75. The number of rotatable bonds is 12. The minimum Gasteiger partial charge on any atom is -0.484 e. The quantitative estimate of drug-likeness (QED) is 0.514. The van der Waals surface area contributed by atoms with Crippen LogP contribution in [0.2, 0.25) is 0 Å². The molecule has 0 radical (unpaired) electrons. The maximum absolute atomic E-state index is 12.5. The maximum Gasteiger partial charge on any atom is 0.257 e. The normalized spacial score (nSPS) is 11.2. The van der Waals surface area contributed by atoms with Crippen LogP contribution in [0, 0.1) is 6.92 Å². The van der Waals surface area contributed by atoms with Gasteiger partial charge in [0.05, 0.1) is 4.90 Å². The van der Waals surface area contributed by atoms with Crippen molar-refractivity contribution in [2.45, 2.75) is 31.7 Å². The van der Waals surface area contributed by atoms with Gasteiger partial charge in [0.1, 0.15) is 5.75 Å². The fourth-order valence-electron chi connectivity index (χ4n) is 2.55. The van der Waals surface area contributed by atoms with Crippen molar-refractivity contribution in [2.24, 2.45) is 0 Å². The highest BCUT2D eigenvalue weighted by Crippen LogP contribution is 2.22. The Bertz CT molecular complexity index is 885. The van der Waals surface area contributed by atoms with Crippen LogP contribution in [0.4, 0.5) is 0 Å². The second kappa shape index (κ2) is 11.5. The van der Waals surface area contributed by atoms with Gasteiger partial charge in [0.15, 0.2) is 6.61 Å². The van der Waals surface area contributed by atoms with Crippen LogP contribution in [0.1, 0.15) is 24.5 Å². The molecule has 0 bridgehead atoms. The van der Waals surface area contributed by atoms with Gasteiger partial charge in [0, 0.05) is 26.3 Å².